The minimum atomic E-state index is -0.503. The third-order valence-corrected chi connectivity index (χ3v) is 3.83. The van der Waals surface area contributed by atoms with Crippen LogP contribution in [0.25, 0.3) is 0 Å². The highest BCUT2D eigenvalue weighted by atomic mass is 79.9. The van der Waals surface area contributed by atoms with Crippen LogP contribution in [0.3, 0.4) is 0 Å². The van der Waals surface area contributed by atoms with Crippen LogP contribution in [0.4, 0.5) is 4.39 Å². The van der Waals surface area contributed by atoms with E-state index in [1.54, 1.807) is 12.1 Å². The summed E-state index contributed by atoms with van der Waals surface area (Å²) in [5, 5.41) is 0.0453. The summed E-state index contributed by atoms with van der Waals surface area (Å²) < 4.78 is 24.1. The molecule has 2 aromatic carbocycles. The molecule has 0 fully saturated rings. The van der Waals surface area contributed by atoms with E-state index in [1.165, 1.54) is 26.4 Å². The first-order valence-electron chi connectivity index (χ1n) is 5.89. The van der Waals surface area contributed by atoms with Crippen molar-refractivity contribution in [2.24, 2.45) is 0 Å². The van der Waals surface area contributed by atoms with Crippen molar-refractivity contribution < 1.29 is 18.7 Å². The molecule has 3 nitrogen and oxygen atoms in total. The number of rotatable bonds is 4. The van der Waals surface area contributed by atoms with Gasteiger partial charge in [-0.1, -0.05) is 11.6 Å². The van der Waals surface area contributed by atoms with Gasteiger partial charge >= 0.3 is 0 Å². The van der Waals surface area contributed by atoms with Crippen LogP contribution in [0, 0.1) is 5.82 Å². The molecule has 21 heavy (non-hydrogen) atoms. The van der Waals surface area contributed by atoms with Crippen molar-refractivity contribution in [3.63, 3.8) is 0 Å². The van der Waals surface area contributed by atoms with Crippen molar-refractivity contribution in [1.29, 1.82) is 0 Å². The van der Waals surface area contributed by atoms with Gasteiger partial charge in [-0.3, -0.25) is 4.79 Å². The number of methoxy groups -OCH3 is 2. The van der Waals surface area contributed by atoms with Gasteiger partial charge in [0.1, 0.15) is 17.3 Å². The maximum absolute atomic E-state index is 13.1. The van der Waals surface area contributed by atoms with E-state index in [2.05, 4.69) is 15.9 Å². The zero-order valence-electron chi connectivity index (χ0n) is 11.2. The zero-order valence-corrected chi connectivity index (χ0v) is 13.6. The molecule has 0 aliphatic rings. The average molecular weight is 374 g/mol. The van der Waals surface area contributed by atoms with Crippen LogP contribution in [0.2, 0.25) is 5.02 Å². The van der Waals surface area contributed by atoms with Crippen LogP contribution < -0.4 is 9.47 Å². The molecule has 0 saturated carbocycles. The maximum atomic E-state index is 13.1. The van der Waals surface area contributed by atoms with Crippen molar-refractivity contribution in [3.8, 4) is 11.5 Å². The standard InChI is InChI=1S/C15H11BrClFO3/c1-20-13-7-11(16)14(21-2)6-10(13)15(19)9-4-3-8(18)5-12(9)17/h3-7H,1-2H3. The van der Waals surface area contributed by atoms with Crippen molar-refractivity contribution in [2.75, 3.05) is 14.2 Å². The van der Waals surface area contributed by atoms with Crippen LogP contribution in [0.5, 0.6) is 11.5 Å². The van der Waals surface area contributed by atoms with E-state index in [-0.39, 0.29) is 21.9 Å². The van der Waals surface area contributed by atoms with Gasteiger partial charge < -0.3 is 9.47 Å². The molecule has 0 heterocycles. The predicted octanol–water partition coefficient (Wildman–Crippen LogP) is 4.49. The lowest BCUT2D eigenvalue weighted by atomic mass is 10.0. The molecule has 0 atom stereocenters. The number of ketones is 1. The van der Waals surface area contributed by atoms with Crippen LogP contribution >= 0.6 is 27.5 Å². The van der Waals surface area contributed by atoms with E-state index < -0.39 is 5.82 Å². The van der Waals surface area contributed by atoms with Crippen LogP contribution in [0.1, 0.15) is 15.9 Å². The Hall–Kier alpha value is -1.59. The van der Waals surface area contributed by atoms with E-state index in [1.807, 2.05) is 0 Å². The monoisotopic (exact) mass is 372 g/mol. The highest BCUT2D eigenvalue weighted by molar-refractivity contribution is 9.10. The van der Waals surface area contributed by atoms with Crippen molar-refractivity contribution >= 4 is 33.3 Å². The Labute approximate surface area is 134 Å². The Morgan fingerprint density at radius 1 is 1.10 bits per heavy atom. The predicted molar refractivity (Wildman–Crippen MR) is 82.1 cm³/mol. The van der Waals surface area contributed by atoms with Gasteiger partial charge in [-0.25, -0.2) is 4.39 Å². The molecule has 2 rings (SSSR count). The quantitative estimate of drug-likeness (QED) is 0.741. The van der Waals surface area contributed by atoms with E-state index >= 15 is 0 Å². The summed E-state index contributed by atoms with van der Waals surface area (Å²) in [6.45, 7) is 0. The van der Waals surface area contributed by atoms with Gasteiger partial charge in [0.05, 0.1) is 29.3 Å². The zero-order chi connectivity index (χ0) is 15.6. The van der Waals surface area contributed by atoms with E-state index in [4.69, 9.17) is 21.1 Å². The second kappa shape index (κ2) is 6.45. The minimum absolute atomic E-state index is 0.0453. The molecular weight excluding hydrogens is 363 g/mol. The fourth-order valence-corrected chi connectivity index (χ4v) is 2.59. The fraction of sp³-hybridized carbons (Fsp3) is 0.133. The molecule has 0 aliphatic carbocycles. The molecule has 0 N–H and O–H groups in total. The lowest BCUT2D eigenvalue weighted by Gasteiger charge is -2.12. The number of ether oxygens (including phenoxy) is 2. The summed E-state index contributed by atoms with van der Waals surface area (Å²) >= 11 is 9.25. The van der Waals surface area contributed by atoms with Gasteiger partial charge in [0.25, 0.3) is 0 Å². The van der Waals surface area contributed by atoms with Crippen molar-refractivity contribution in [1.82, 2.24) is 0 Å². The summed E-state index contributed by atoms with van der Waals surface area (Å²) in [5.41, 5.74) is 0.479. The summed E-state index contributed by atoms with van der Waals surface area (Å²) in [4.78, 5) is 12.6. The normalized spacial score (nSPS) is 10.3. The topological polar surface area (TPSA) is 35.5 Å². The van der Waals surface area contributed by atoms with E-state index in [0.29, 0.717) is 16.0 Å². The van der Waals surface area contributed by atoms with E-state index in [9.17, 15) is 9.18 Å². The Bertz CT molecular complexity index is 704. The van der Waals surface area contributed by atoms with Crippen LogP contribution in [-0.4, -0.2) is 20.0 Å². The molecule has 0 spiro atoms. The van der Waals surface area contributed by atoms with Crippen molar-refractivity contribution in [2.45, 2.75) is 0 Å². The van der Waals surface area contributed by atoms with Crippen molar-refractivity contribution in [3.05, 3.63) is 56.8 Å². The van der Waals surface area contributed by atoms with Gasteiger partial charge in [0.2, 0.25) is 0 Å². The highest BCUT2D eigenvalue weighted by Gasteiger charge is 2.20. The van der Waals surface area contributed by atoms with Crippen LogP contribution in [0.15, 0.2) is 34.8 Å². The first-order valence-corrected chi connectivity index (χ1v) is 7.06. The molecule has 110 valence electrons. The first-order chi connectivity index (χ1) is 9.97. The average Bonchev–Trinajstić information content (AvgIpc) is 2.46. The maximum Gasteiger partial charge on any atom is 0.198 e. The number of benzene rings is 2. The minimum Gasteiger partial charge on any atom is -0.496 e. The second-order valence-electron chi connectivity index (χ2n) is 4.14. The number of halogens is 3. The van der Waals surface area contributed by atoms with Gasteiger partial charge in [0.15, 0.2) is 5.78 Å². The number of hydrogen-bond donors (Lipinski definition) is 0. The molecule has 0 aliphatic heterocycles. The van der Waals surface area contributed by atoms with Gasteiger partial charge in [-0.2, -0.15) is 0 Å². The SMILES string of the molecule is COc1cc(C(=O)c2ccc(F)cc2Cl)c(OC)cc1Br. The Balaban J connectivity index is 2.56. The second-order valence-corrected chi connectivity index (χ2v) is 5.40. The van der Waals surface area contributed by atoms with Gasteiger partial charge in [-0.15, -0.1) is 0 Å². The molecule has 2 aromatic rings. The lowest BCUT2D eigenvalue weighted by molar-refractivity contribution is 0.103. The van der Waals surface area contributed by atoms with E-state index in [0.717, 1.165) is 6.07 Å². The summed E-state index contributed by atoms with van der Waals surface area (Å²) in [7, 11) is 2.95. The third-order valence-electron chi connectivity index (χ3n) is 2.89. The third kappa shape index (κ3) is 3.19. The van der Waals surface area contributed by atoms with Crippen LogP contribution in [-0.2, 0) is 0 Å². The molecular formula is C15H11BrClFO3. The molecule has 0 radical (unpaired) electrons. The molecule has 0 unspecified atom stereocenters. The number of carbonyl (C=O) groups excluding carboxylic acids is 1. The first kappa shape index (κ1) is 15.8. The largest absolute Gasteiger partial charge is 0.496 e. The Morgan fingerprint density at radius 2 is 1.76 bits per heavy atom. The van der Waals surface area contributed by atoms with Gasteiger partial charge in [-0.05, 0) is 46.3 Å². The molecule has 0 aromatic heterocycles. The number of hydrogen-bond acceptors (Lipinski definition) is 3. The summed E-state index contributed by atoms with van der Waals surface area (Å²) in [6, 6.07) is 6.79. The Kier molecular flexibility index (Phi) is 4.85. The Morgan fingerprint density at radius 3 is 2.33 bits per heavy atom. The molecule has 0 bridgehead atoms. The highest BCUT2D eigenvalue weighted by Crippen LogP contribution is 2.34. The lowest BCUT2D eigenvalue weighted by Crippen LogP contribution is -2.06. The summed E-state index contributed by atoms with van der Waals surface area (Å²) in [5.74, 6) is -0.0231. The molecule has 0 amide bonds. The fourth-order valence-electron chi connectivity index (χ4n) is 1.86. The summed E-state index contributed by atoms with van der Waals surface area (Å²) in [6.07, 6.45) is 0. The van der Waals surface area contributed by atoms with Gasteiger partial charge in [0, 0.05) is 5.56 Å². The smallest absolute Gasteiger partial charge is 0.198 e. The molecule has 6 heteroatoms. The number of carbonyl (C=O) groups is 1. The molecule has 0 saturated heterocycles.